The molecule has 118 valence electrons. The lowest BCUT2D eigenvalue weighted by atomic mass is 10.1. The van der Waals surface area contributed by atoms with E-state index in [1.54, 1.807) is 12.1 Å². The monoisotopic (exact) mass is 317 g/mol. The summed E-state index contributed by atoms with van der Waals surface area (Å²) in [5.74, 6) is 0.923. The predicted molar refractivity (Wildman–Crippen MR) is 87.3 cm³/mol. The Kier molecular flexibility index (Phi) is 3.81. The van der Waals surface area contributed by atoms with Crippen LogP contribution in [-0.2, 0) is 17.8 Å². The van der Waals surface area contributed by atoms with Crippen LogP contribution in [0.1, 0.15) is 23.0 Å². The Bertz CT molecular complexity index is 878. The lowest BCUT2D eigenvalue weighted by Gasteiger charge is -2.19. The minimum absolute atomic E-state index is 0.239. The van der Waals surface area contributed by atoms with E-state index in [9.17, 15) is 0 Å². The molecule has 1 atom stereocenters. The van der Waals surface area contributed by atoms with Gasteiger partial charge in [0.05, 0.1) is 18.2 Å². The van der Waals surface area contributed by atoms with E-state index >= 15 is 0 Å². The van der Waals surface area contributed by atoms with Crippen LogP contribution in [-0.4, -0.2) is 16.4 Å². The first-order chi connectivity index (χ1) is 11.8. The SMILES string of the molecule is N#Cc1ccc(-n2c[n+]3c(n2)COC[C@@H]3Cc2ccccc2)cc1. The van der Waals surface area contributed by atoms with Crippen molar-refractivity contribution in [1.29, 1.82) is 5.26 Å². The number of aromatic nitrogens is 3. The summed E-state index contributed by atoms with van der Waals surface area (Å²) < 4.78 is 9.78. The van der Waals surface area contributed by atoms with Gasteiger partial charge in [0.15, 0.2) is 0 Å². The molecule has 24 heavy (non-hydrogen) atoms. The Morgan fingerprint density at radius 2 is 1.96 bits per heavy atom. The second kappa shape index (κ2) is 6.26. The second-order valence-corrected chi connectivity index (χ2v) is 5.90. The van der Waals surface area contributed by atoms with Gasteiger partial charge in [0.2, 0.25) is 6.33 Å². The lowest BCUT2D eigenvalue weighted by molar-refractivity contribution is -0.742. The molecule has 1 aromatic heterocycles. The maximum absolute atomic E-state index is 8.91. The third-order valence-electron chi connectivity index (χ3n) is 4.26. The Morgan fingerprint density at radius 3 is 2.71 bits per heavy atom. The van der Waals surface area contributed by atoms with E-state index in [1.807, 2.05) is 29.2 Å². The van der Waals surface area contributed by atoms with Gasteiger partial charge in [-0.05, 0) is 29.8 Å². The van der Waals surface area contributed by atoms with Crippen molar-refractivity contribution in [3.8, 4) is 11.8 Å². The van der Waals surface area contributed by atoms with E-state index in [0.29, 0.717) is 18.8 Å². The van der Waals surface area contributed by atoms with E-state index in [1.165, 1.54) is 5.56 Å². The summed E-state index contributed by atoms with van der Waals surface area (Å²) in [5, 5.41) is 13.6. The first kappa shape index (κ1) is 14.6. The second-order valence-electron chi connectivity index (χ2n) is 5.90. The first-order valence-corrected chi connectivity index (χ1v) is 7.95. The Balaban J connectivity index is 1.63. The number of hydrogen-bond donors (Lipinski definition) is 0. The first-order valence-electron chi connectivity index (χ1n) is 7.95. The highest BCUT2D eigenvalue weighted by Crippen LogP contribution is 2.16. The van der Waals surface area contributed by atoms with Crippen LogP contribution >= 0.6 is 0 Å². The van der Waals surface area contributed by atoms with Crippen molar-refractivity contribution in [2.45, 2.75) is 19.1 Å². The summed E-state index contributed by atoms with van der Waals surface area (Å²) in [6, 6.07) is 20.2. The molecule has 4 rings (SSSR count). The normalized spacial score (nSPS) is 16.4. The van der Waals surface area contributed by atoms with E-state index in [4.69, 9.17) is 10.00 Å². The van der Waals surface area contributed by atoms with Gasteiger partial charge in [-0.3, -0.25) is 0 Å². The molecule has 0 bridgehead atoms. The molecule has 0 N–H and O–H groups in total. The summed E-state index contributed by atoms with van der Waals surface area (Å²) >= 11 is 0. The van der Waals surface area contributed by atoms with E-state index in [0.717, 1.165) is 17.9 Å². The molecular formula is C19H17N4O+. The molecule has 0 radical (unpaired) electrons. The van der Waals surface area contributed by atoms with Crippen molar-refractivity contribution >= 4 is 0 Å². The smallest absolute Gasteiger partial charge is 0.304 e. The quantitative estimate of drug-likeness (QED) is 0.697. The highest BCUT2D eigenvalue weighted by Gasteiger charge is 2.29. The number of fused-ring (bicyclic) bond motifs is 1. The summed E-state index contributed by atoms with van der Waals surface area (Å²) in [7, 11) is 0. The van der Waals surface area contributed by atoms with Gasteiger partial charge in [-0.1, -0.05) is 35.0 Å². The van der Waals surface area contributed by atoms with Gasteiger partial charge in [-0.2, -0.15) is 5.26 Å². The Hall–Kier alpha value is -2.97. The largest absolute Gasteiger partial charge is 0.367 e. The average molecular weight is 317 g/mol. The Labute approximate surface area is 140 Å². The molecule has 2 heterocycles. The summed E-state index contributed by atoms with van der Waals surface area (Å²) in [5.41, 5.74) is 2.88. The molecule has 1 aliphatic heterocycles. The summed E-state index contributed by atoms with van der Waals surface area (Å²) in [6.45, 7) is 1.21. The van der Waals surface area contributed by atoms with Gasteiger partial charge in [0.1, 0.15) is 18.3 Å². The fraction of sp³-hybridized carbons (Fsp3) is 0.211. The third-order valence-corrected chi connectivity index (χ3v) is 4.26. The zero-order valence-corrected chi connectivity index (χ0v) is 13.2. The van der Waals surface area contributed by atoms with Gasteiger partial charge in [-0.25, -0.2) is 4.57 Å². The molecule has 1 aliphatic rings. The Morgan fingerprint density at radius 1 is 1.17 bits per heavy atom. The zero-order chi connectivity index (χ0) is 16.4. The van der Waals surface area contributed by atoms with Crippen LogP contribution in [0.2, 0.25) is 0 Å². The van der Waals surface area contributed by atoms with Gasteiger partial charge in [0.25, 0.3) is 0 Å². The van der Waals surface area contributed by atoms with Crippen LogP contribution in [0.4, 0.5) is 0 Å². The molecule has 0 amide bonds. The molecule has 0 fully saturated rings. The molecule has 2 aromatic carbocycles. The molecule has 0 aliphatic carbocycles. The minimum Gasteiger partial charge on any atom is -0.367 e. The topological polar surface area (TPSA) is 54.7 Å². The van der Waals surface area contributed by atoms with Crippen LogP contribution in [0, 0.1) is 11.3 Å². The summed E-state index contributed by atoms with van der Waals surface area (Å²) in [6.07, 6.45) is 2.93. The fourth-order valence-electron chi connectivity index (χ4n) is 3.02. The molecule has 0 saturated carbocycles. The number of benzene rings is 2. The van der Waals surface area contributed by atoms with E-state index < -0.39 is 0 Å². The van der Waals surface area contributed by atoms with E-state index in [2.05, 4.69) is 40.0 Å². The van der Waals surface area contributed by atoms with Crippen LogP contribution in [0.25, 0.3) is 5.69 Å². The van der Waals surface area contributed by atoms with Crippen molar-refractivity contribution in [3.05, 3.63) is 77.9 Å². The number of ether oxygens (including phenoxy) is 1. The van der Waals surface area contributed by atoms with Gasteiger partial charge >= 0.3 is 5.82 Å². The van der Waals surface area contributed by atoms with Crippen LogP contribution in [0.5, 0.6) is 0 Å². The van der Waals surface area contributed by atoms with Gasteiger partial charge in [-0.15, -0.1) is 0 Å². The average Bonchev–Trinajstić information content (AvgIpc) is 3.08. The molecule has 5 heteroatoms. The lowest BCUT2D eigenvalue weighted by Crippen LogP contribution is -2.48. The molecule has 0 unspecified atom stereocenters. The highest BCUT2D eigenvalue weighted by molar-refractivity contribution is 5.38. The molecule has 0 saturated heterocycles. The zero-order valence-electron chi connectivity index (χ0n) is 13.2. The molecule has 0 spiro atoms. The molecule has 5 nitrogen and oxygen atoms in total. The van der Waals surface area contributed by atoms with E-state index in [-0.39, 0.29) is 6.04 Å². The molecular weight excluding hydrogens is 300 g/mol. The standard InChI is InChI=1S/C19H17N4O/c20-11-16-6-8-17(9-7-16)23-14-22-18(12-24-13-19(22)21-23)10-15-4-2-1-3-5-15/h1-9,14,18H,10,12-13H2/q+1/t18-/m0/s1. The number of nitrogens with zero attached hydrogens (tertiary/aromatic N) is 4. The fourth-order valence-corrected chi connectivity index (χ4v) is 3.02. The third kappa shape index (κ3) is 2.80. The number of nitriles is 1. The number of rotatable bonds is 3. The minimum atomic E-state index is 0.239. The highest BCUT2D eigenvalue weighted by atomic mass is 16.5. The predicted octanol–water partition coefficient (Wildman–Crippen LogP) is 2.35. The van der Waals surface area contributed by atoms with Crippen molar-refractivity contribution in [1.82, 2.24) is 9.78 Å². The van der Waals surface area contributed by atoms with Crippen molar-refractivity contribution in [2.24, 2.45) is 0 Å². The summed E-state index contributed by atoms with van der Waals surface area (Å²) in [4.78, 5) is 0. The van der Waals surface area contributed by atoms with Crippen LogP contribution < -0.4 is 4.57 Å². The number of hydrogen-bond acceptors (Lipinski definition) is 3. The van der Waals surface area contributed by atoms with Crippen LogP contribution in [0.15, 0.2) is 60.9 Å². The van der Waals surface area contributed by atoms with Crippen molar-refractivity contribution in [2.75, 3.05) is 6.61 Å². The van der Waals surface area contributed by atoms with Crippen molar-refractivity contribution < 1.29 is 9.30 Å². The van der Waals surface area contributed by atoms with Crippen LogP contribution in [0.3, 0.4) is 0 Å². The van der Waals surface area contributed by atoms with Gasteiger partial charge < -0.3 is 4.74 Å². The maximum Gasteiger partial charge on any atom is 0.304 e. The maximum atomic E-state index is 8.91. The van der Waals surface area contributed by atoms with Gasteiger partial charge in [0, 0.05) is 11.5 Å². The van der Waals surface area contributed by atoms with Crippen molar-refractivity contribution in [3.63, 3.8) is 0 Å². The molecule has 3 aromatic rings.